The summed E-state index contributed by atoms with van der Waals surface area (Å²) < 4.78 is 24.2. The van der Waals surface area contributed by atoms with E-state index in [-0.39, 0.29) is 11.2 Å². The van der Waals surface area contributed by atoms with Gasteiger partial charge in [-0.25, -0.2) is 8.42 Å². The topological polar surface area (TPSA) is 60.2 Å². The fourth-order valence-electron chi connectivity index (χ4n) is 1.45. The quantitative estimate of drug-likeness (QED) is 0.927. The van der Waals surface area contributed by atoms with Crippen molar-refractivity contribution in [2.45, 2.75) is 31.1 Å². The molecule has 0 heterocycles. The molecule has 0 radical (unpaired) electrons. The van der Waals surface area contributed by atoms with Crippen molar-refractivity contribution in [2.24, 2.45) is 5.73 Å². The van der Waals surface area contributed by atoms with Crippen LogP contribution in [0.25, 0.3) is 0 Å². The Labute approximate surface area is 111 Å². The minimum absolute atomic E-state index is 0.102. The van der Waals surface area contributed by atoms with Gasteiger partial charge in [0.15, 0.2) is 9.84 Å². The first-order valence-corrected chi connectivity index (χ1v) is 7.92. The number of hydrogen-bond donors (Lipinski definition) is 1. The molecule has 0 bridgehead atoms. The summed E-state index contributed by atoms with van der Waals surface area (Å²) in [5.41, 5.74) is 6.58. The molecule has 0 saturated carbocycles. The third-order valence-electron chi connectivity index (χ3n) is 2.94. The van der Waals surface area contributed by atoms with Crippen LogP contribution in [0.3, 0.4) is 0 Å². The lowest BCUT2D eigenvalue weighted by molar-refractivity contribution is 0.538. The Bertz CT molecular complexity index is 509. The predicted octanol–water partition coefficient (Wildman–Crippen LogP) is 2.48. The second kappa shape index (κ2) is 5.08. The van der Waals surface area contributed by atoms with E-state index in [2.05, 4.69) is 15.9 Å². The highest BCUT2D eigenvalue weighted by atomic mass is 79.9. The number of rotatable bonds is 4. The molecular formula is C12H18BrNO2S. The van der Waals surface area contributed by atoms with Crippen LogP contribution < -0.4 is 5.73 Å². The zero-order valence-corrected chi connectivity index (χ0v) is 12.7. The molecule has 0 aliphatic rings. The lowest BCUT2D eigenvalue weighted by Gasteiger charge is -2.23. The van der Waals surface area contributed by atoms with Gasteiger partial charge in [0.1, 0.15) is 0 Å². The molecule has 0 saturated heterocycles. The molecule has 17 heavy (non-hydrogen) atoms. The van der Waals surface area contributed by atoms with Gasteiger partial charge in [0.2, 0.25) is 0 Å². The summed E-state index contributed by atoms with van der Waals surface area (Å²) in [6.45, 7) is 6.21. The molecule has 2 N–H and O–H groups in total. The lowest BCUT2D eigenvalue weighted by atomic mass is 9.85. The van der Waals surface area contributed by atoms with Gasteiger partial charge in [0.05, 0.1) is 10.6 Å². The molecule has 0 fully saturated rings. The summed E-state index contributed by atoms with van der Waals surface area (Å²) >= 11 is 3.33. The van der Waals surface area contributed by atoms with Gasteiger partial charge < -0.3 is 5.73 Å². The van der Waals surface area contributed by atoms with Crippen LogP contribution in [0.2, 0.25) is 0 Å². The number of sulfone groups is 1. The van der Waals surface area contributed by atoms with E-state index >= 15 is 0 Å². The van der Waals surface area contributed by atoms with E-state index in [1.807, 2.05) is 26.0 Å². The highest BCUT2D eigenvalue weighted by Gasteiger charge is 2.22. The minimum Gasteiger partial charge on any atom is -0.330 e. The fourth-order valence-corrected chi connectivity index (χ4v) is 3.51. The Balaban J connectivity index is 3.29. The molecule has 0 aromatic heterocycles. The highest BCUT2D eigenvalue weighted by molar-refractivity contribution is 9.10. The second-order valence-electron chi connectivity index (χ2n) is 4.64. The Hall–Kier alpha value is -0.390. The van der Waals surface area contributed by atoms with Crippen LogP contribution in [0.1, 0.15) is 26.3 Å². The van der Waals surface area contributed by atoms with Crippen LogP contribution in [0.5, 0.6) is 0 Å². The Morgan fingerprint density at radius 3 is 2.35 bits per heavy atom. The number of nitrogens with two attached hydrogens (primary N) is 1. The van der Waals surface area contributed by atoms with E-state index in [1.165, 1.54) is 0 Å². The summed E-state index contributed by atoms with van der Waals surface area (Å²) in [6, 6.07) is 5.32. The first-order valence-electron chi connectivity index (χ1n) is 5.47. The van der Waals surface area contributed by atoms with E-state index in [4.69, 9.17) is 5.73 Å². The molecule has 0 amide bonds. The lowest BCUT2D eigenvalue weighted by Crippen LogP contribution is -2.28. The second-order valence-corrected chi connectivity index (χ2v) is 7.74. The molecule has 0 unspecified atom stereocenters. The number of hydrogen-bond acceptors (Lipinski definition) is 3. The zero-order valence-electron chi connectivity index (χ0n) is 10.3. The number of halogens is 1. The van der Waals surface area contributed by atoms with E-state index in [0.717, 1.165) is 5.56 Å². The van der Waals surface area contributed by atoms with E-state index in [0.29, 0.717) is 15.9 Å². The molecule has 3 nitrogen and oxygen atoms in total. The van der Waals surface area contributed by atoms with Crippen molar-refractivity contribution in [1.82, 2.24) is 0 Å². The predicted molar refractivity (Wildman–Crippen MR) is 73.9 cm³/mol. The number of benzene rings is 1. The van der Waals surface area contributed by atoms with Gasteiger partial charge in [-0.15, -0.1) is 0 Å². The molecule has 0 aliphatic heterocycles. The smallest absolute Gasteiger partial charge is 0.179 e. The van der Waals surface area contributed by atoms with Gasteiger partial charge in [-0.05, 0) is 33.6 Å². The summed E-state index contributed by atoms with van der Waals surface area (Å²) in [6.07, 6.45) is 0. The van der Waals surface area contributed by atoms with Crippen LogP contribution >= 0.6 is 15.9 Å². The maximum Gasteiger partial charge on any atom is 0.179 e. The third kappa shape index (κ3) is 3.09. The summed E-state index contributed by atoms with van der Waals surface area (Å²) in [7, 11) is -3.18. The van der Waals surface area contributed by atoms with Crippen LogP contribution in [0, 0.1) is 0 Å². The molecule has 96 valence electrons. The average Bonchev–Trinajstić information content (AvgIpc) is 2.28. The molecule has 0 atom stereocenters. The fraction of sp³-hybridized carbons (Fsp3) is 0.500. The van der Waals surface area contributed by atoms with Crippen molar-refractivity contribution in [1.29, 1.82) is 0 Å². The Morgan fingerprint density at radius 2 is 1.94 bits per heavy atom. The summed E-state index contributed by atoms with van der Waals surface area (Å²) in [5.74, 6) is 0.102. The van der Waals surface area contributed by atoms with Crippen molar-refractivity contribution in [3.8, 4) is 0 Å². The van der Waals surface area contributed by atoms with E-state index in [1.54, 1.807) is 13.0 Å². The van der Waals surface area contributed by atoms with Gasteiger partial charge in [0, 0.05) is 16.4 Å². The Kier molecular flexibility index (Phi) is 4.38. The van der Waals surface area contributed by atoms with Gasteiger partial charge in [-0.3, -0.25) is 0 Å². The van der Waals surface area contributed by atoms with Gasteiger partial charge >= 0.3 is 0 Å². The van der Waals surface area contributed by atoms with E-state index in [9.17, 15) is 8.42 Å². The monoisotopic (exact) mass is 319 g/mol. The SMILES string of the molecule is CCS(=O)(=O)c1ccc(C(C)(C)CN)cc1Br. The first-order chi connectivity index (χ1) is 7.74. The van der Waals surface area contributed by atoms with Crippen LogP contribution in [0.4, 0.5) is 0 Å². The summed E-state index contributed by atoms with van der Waals surface area (Å²) in [5, 5.41) is 0. The maximum absolute atomic E-state index is 11.8. The molecule has 5 heteroatoms. The van der Waals surface area contributed by atoms with Crippen LogP contribution in [-0.4, -0.2) is 20.7 Å². The highest BCUT2D eigenvalue weighted by Crippen LogP contribution is 2.29. The average molecular weight is 320 g/mol. The zero-order chi connectivity index (χ0) is 13.3. The van der Waals surface area contributed by atoms with Crippen molar-refractivity contribution in [2.75, 3.05) is 12.3 Å². The van der Waals surface area contributed by atoms with Gasteiger partial charge in [-0.1, -0.05) is 26.8 Å². The molecule has 1 aromatic rings. The van der Waals surface area contributed by atoms with Crippen molar-refractivity contribution in [3.05, 3.63) is 28.2 Å². The van der Waals surface area contributed by atoms with Crippen LogP contribution in [0.15, 0.2) is 27.6 Å². The normalized spacial score (nSPS) is 12.8. The third-order valence-corrected chi connectivity index (χ3v) is 5.64. The largest absolute Gasteiger partial charge is 0.330 e. The molecular weight excluding hydrogens is 302 g/mol. The van der Waals surface area contributed by atoms with Crippen molar-refractivity contribution in [3.63, 3.8) is 0 Å². The van der Waals surface area contributed by atoms with Gasteiger partial charge in [0.25, 0.3) is 0 Å². The minimum atomic E-state index is -3.18. The van der Waals surface area contributed by atoms with Crippen LogP contribution in [-0.2, 0) is 15.3 Å². The van der Waals surface area contributed by atoms with Crippen molar-refractivity contribution >= 4 is 25.8 Å². The standard InChI is InChI=1S/C12H18BrNO2S/c1-4-17(15,16)11-6-5-9(7-10(11)13)12(2,3)8-14/h5-7H,4,8,14H2,1-3H3. The molecule has 1 rings (SSSR count). The molecule has 0 aliphatic carbocycles. The van der Waals surface area contributed by atoms with E-state index < -0.39 is 9.84 Å². The van der Waals surface area contributed by atoms with Crippen molar-refractivity contribution < 1.29 is 8.42 Å². The summed E-state index contributed by atoms with van der Waals surface area (Å²) in [4.78, 5) is 0.344. The maximum atomic E-state index is 11.8. The molecule has 0 spiro atoms. The Morgan fingerprint density at radius 1 is 1.35 bits per heavy atom. The first kappa shape index (κ1) is 14.7. The van der Waals surface area contributed by atoms with Gasteiger partial charge in [-0.2, -0.15) is 0 Å². The molecule has 1 aromatic carbocycles.